The van der Waals surface area contributed by atoms with E-state index < -0.39 is 11.3 Å². The number of thioether (sulfide) groups is 1. The van der Waals surface area contributed by atoms with Crippen molar-refractivity contribution < 1.29 is 9.59 Å². The van der Waals surface area contributed by atoms with Gasteiger partial charge in [0.1, 0.15) is 11.9 Å². The number of rotatable bonds is 5. The molecule has 2 amide bonds. The number of hydrogen-bond acceptors (Lipinski definition) is 5. The molecule has 2 aliphatic rings. The predicted octanol–water partition coefficient (Wildman–Crippen LogP) is 4.96. The molecule has 0 bridgehead atoms. The van der Waals surface area contributed by atoms with Crippen LogP contribution in [0.1, 0.15) is 23.6 Å². The molecule has 3 aromatic carbocycles. The summed E-state index contributed by atoms with van der Waals surface area (Å²) in [6, 6.07) is 24.7. The van der Waals surface area contributed by atoms with Crippen molar-refractivity contribution in [2.24, 2.45) is 9.98 Å². The average Bonchev–Trinajstić information content (AvgIpc) is 3.16. The fraction of sp³-hybridized carbons (Fsp3) is 0.185. The van der Waals surface area contributed by atoms with E-state index in [9.17, 15) is 9.59 Å². The molecule has 0 aromatic heterocycles. The van der Waals surface area contributed by atoms with Gasteiger partial charge in [-0.3, -0.25) is 14.6 Å². The van der Waals surface area contributed by atoms with E-state index in [1.54, 1.807) is 4.90 Å². The molecule has 7 heteroatoms. The fourth-order valence-electron chi connectivity index (χ4n) is 4.03. The van der Waals surface area contributed by atoms with Crippen molar-refractivity contribution in [2.45, 2.75) is 31.6 Å². The molecule has 0 saturated carbocycles. The van der Waals surface area contributed by atoms with Gasteiger partial charge in [0.2, 0.25) is 5.91 Å². The topological polar surface area (TPSA) is 74.1 Å². The molecule has 5 rings (SSSR count). The molecule has 0 unspecified atom stereocenters. The van der Waals surface area contributed by atoms with Crippen LogP contribution in [0.2, 0.25) is 0 Å². The third-order valence-electron chi connectivity index (χ3n) is 5.76. The van der Waals surface area contributed by atoms with E-state index in [0.717, 1.165) is 28.1 Å². The number of hydrogen-bond donors (Lipinski definition) is 1. The quantitative estimate of drug-likeness (QED) is 0.575. The highest BCUT2D eigenvalue weighted by atomic mass is 32.2. The molecule has 34 heavy (non-hydrogen) atoms. The number of amidine groups is 2. The van der Waals surface area contributed by atoms with Crippen LogP contribution in [0.15, 0.2) is 88.8 Å². The van der Waals surface area contributed by atoms with Crippen LogP contribution < -0.4 is 5.32 Å². The van der Waals surface area contributed by atoms with Crippen LogP contribution in [0.4, 0.5) is 11.4 Å². The number of para-hydroxylation sites is 1. The first kappa shape index (κ1) is 22.1. The fourth-order valence-corrected chi connectivity index (χ4v) is 4.94. The number of nitrogens with one attached hydrogen (secondary N) is 1. The van der Waals surface area contributed by atoms with Gasteiger partial charge in [-0.15, -0.1) is 0 Å². The lowest BCUT2D eigenvalue weighted by Crippen LogP contribution is -2.42. The molecule has 0 spiro atoms. The van der Waals surface area contributed by atoms with Crippen molar-refractivity contribution in [2.75, 3.05) is 5.32 Å². The van der Waals surface area contributed by atoms with E-state index in [4.69, 9.17) is 9.98 Å². The van der Waals surface area contributed by atoms with E-state index in [0.29, 0.717) is 17.4 Å². The Kier molecular flexibility index (Phi) is 6.02. The number of aryl methyl sites for hydroxylation is 1. The summed E-state index contributed by atoms with van der Waals surface area (Å²) in [6.07, 6.45) is 0.517. The van der Waals surface area contributed by atoms with Crippen LogP contribution in [0, 0.1) is 6.92 Å². The second kappa shape index (κ2) is 9.27. The van der Waals surface area contributed by atoms with Crippen molar-refractivity contribution in [3.05, 3.63) is 95.6 Å². The van der Waals surface area contributed by atoms with Gasteiger partial charge in [-0.25, -0.2) is 9.89 Å². The van der Waals surface area contributed by atoms with E-state index in [1.807, 2.05) is 92.7 Å². The minimum absolute atomic E-state index is 0.120. The van der Waals surface area contributed by atoms with E-state index >= 15 is 0 Å². The zero-order valence-electron chi connectivity index (χ0n) is 18.9. The maximum atomic E-state index is 13.5. The molecule has 0 radical (unpaired) electrons. The molecule has 2 atom stereocenters. The van der Waals surface area contributed by atoms with Crippen LogP contribution in [-0.4, -0.2) is 39.0 Å². The Hall–Kier alpha value is -3.71. The van der Waals surface area contributed by atoms with Crippen molar-refractivity contribution in [1.82, 2.24) is 4.90 Å². The number of nitrogens with zero attached hydrogens (tertiary/aromatic N) is 3. The van der Waals surface area contributed by atoms with E-state index in [2.05, 4.69) is 5.32 Å². The van der Waals surface area contributed by atoms with Gasteiger partial charge in [-0.1, -0.05) is 66.4 Å². The van der Waals surface area contributed by atoms with Gasteiger partial charge < -0.3 is 5.32 Å². The third kappa shape index (κ3) is 4.39. The Morgan fingerprint density at radius 2 is 1.82 bits per heavy atom. The Bertz CT molecular complexity index is 1320. The summed E-state index contributed by atoms with van der Waals surface area (Å²) in [7, 11) is 0. The van der Waals surface area contributed by atoms with Gasteiger partial charge in [0.25, 0.3) is 5.91 Å². The van der Waals surface area contributed by atoms with Crippen LogP contribution >= 0.6 is 11.8 Å². The Labute approximate surface area is 202 Å². The monoisotopic (exact) mass is 468 g/mol. The predicted molar refractivity (Wildman–Crippen MR) is 138 cm³/mol. The minimum atomic E-state index is -0.522. The smallest absolute Gasteiger partial charge is 0.259 e. The van der Waals surface area contributed by atoms with Crippen molar-refractivity contribution in [3.63, 3.8) is 0 Å². The minimum Gasteiger partial charge on any atom is -0.325 e. The van der Waals surface area contributed by atoms with Gasteiger partial charge >= 0.3 is 0 Å². The van der Waals surface area contributed by atoms with E-state index in [-0.39, 0.29) is 11.8 Å². The summed E-state index contributed by atoms with van der Waals surface area (Å²) >= 11 is 1.27. The summed E-state index contributed by atoms with van der Waals surface area (Å²) < 4.78 is 0. The SMILES string of the molecule is Cc1cccc(NC(=O)[C@@H](C)SC2=Nc3ccccc3C3=N[C@H](Cc4ccccc4)C(=O)N23)c1. The summed E-state index contributed by atoms with van der Waals surface area (Å²) in [5.74, 6) is 0.333. The zero-order chi connectivity index (χ0) is 23.7. The molecule has 170 valence electrons. The second-order valence-corrected chi connectivity index (χ2v) is 9.67. The third-order valence-corrected chi connectivity index (χ3v) is 6.81. The summed E-state index contributed by atoms with van der Waals surface area (Å²) in [5, 5.41) is 2.97. The largest absolute Gasteiger partial charge is 0.325 e. The van der Waals surface area contributed by atoms with Gasteiger partial charge in [0.15, 0.2) is 5.17 Å². The lowest BCUT2D eigenvalue weighted by atomic mass is 10.1. The first-order valence-corrected chi connectivity index (χ1v) is 12.1. The number of carbonyl (C=O) groups is 2. The summed E-state index contributed by atoms with van der Waals surface area (Å²) in [5.41, 5.74) is 4.44. The van der Waals surface area contributed by atoms with Crippen molar-refractivity contribution >= 4 is 46.0 Å². The first-order chi connectivity index (χ1) is 16.5. The lowest BCUT2D eigenvalue weighted by molar-refractivity contribution is -0.124. The Morgan fingerprint density at radius 1 is 1.06 bits per heavy atom. The van der Waals surface area contributed by atoms with Gasteiger partial charge in [0.05, 0.1) is 10.9 Å². The molecule has 0 fully saturated rings. The number of carbonyl (C=O) groups excluding carboxylic acids is 2. The maximum Gasteiger partial charge on any atom is 0.259 e. The number of aliphatic imine (C=N–C) groups is 2. The van der Waals surface area contributed by atoms with Gasteiger partial charge in [0, 0.05) is 17.7 Å². The molecular weight excluding hydrogens is 444 g/mol. The van der Waals surface area contributed by atoms with Crippen molar-refractivity contribution in [3.8, 4) is 0 Å². The lowest BCUT2D eigenvalue weighted by Gasteiger charge is -2.27. The van der Waals surface area contributed by atoms with Crippen molar-refractivity contribution in [1.29, 1.82) is 0 Å². The normalized spacial score (nSPS) is 17.4. The van der Waals surface area contributed by atoms with Gasteiger partial charge in [-0.2, -0.15) is 0 Å². The molecule has 6 nitrogen and oxygen atoms in total. The van der Waals surface area contributed by atoms with Crippen LogP contribution in [0.3, 0.4) is 0 Å². The molecule has 3 aromatic rings. The summed E-state index contributed by atoms with van der Waals surface area (Å²) in [6.45, 7) is 3.80. The number of benzene rings is 3. The van der Waals surface area contributed by atoms with Gasteiger partial charge in [-0.05, 0) is 49.2 Å². The second-order valence-electron chi connectivity index (χ2n) is 8.36. The Morgan fingerprint density at radius 3 is 2.62 bits per heavy atom. The standard InChI is InChI=1S/C27H24N4O2S/c1-17-9-8-12-20(15-17)28-25(32)18(2)34-27-30-22-14-7-6-13-21(22)24-29-23(26(33)31(24)27)16-19-10-4-3-5-11-19/h3-15,18,23H,16H2,1-2H3,(H,28,32)/t18-,23-/m1/s1. The number of amides is 2. The molecular formula is C27H24N4O2S. The molecule has 0 saturated heterocycles. The number of fused-ring (bicyclic) bond motifs is 3. The van der Waals surface area contributed by atoms with E-state index in [1.165, 1.54) is 11.8 Å². The first-order valence-electron chi connectivity index (χ1n) is 11.2. The highest BCUT2D eigenvalue weighted by Gasteiger charge is 2.42. The molecule has 0 aliphatic carbocycles. The zero-order valence-corrected chi connectivity index (χ0v) is 19.8. The Balaban J connectivity index is 1.40. The molecule has 2 heterocycles. The molecule has 2 aliphatic heterocycles. The number of anilines is 1. The summed E-state index contributed by atoms with van der Waals surface area (Å²) in [4.78, 5) is 37.5. The highest BCUT2D eigenvalue weighted by Crippen LogP contribution is 2.35. The van der Waals surface area contributed by atoms with Crippen LogP contribution in [0.25, 0.3) is 0 Å². The van der Waals surface area contributed by atoms with Crippen LogP contribution in [-0.2, 0) is 16.0 Å². The maximum absolute atomic E-state index is 13.5. The van der Waals surface area contributed by atoms with Crippen LogP contribution in [0.5, 0.6) is 0 Å². The highest BCUT2D eigenvalue weighted by molar-refractivity contribution is 8.15. The molecule has 1 N–H and O–H groups in total. The average molecular weight is 469 g/mol.